The topological polar surface area (TPSA) is 54.5 Å². The molecule has 1 aromatic heterocycles. The largest absolute Gasteiger partial charge is 0.343 e. The van der Waals surface area contributed by atoms with Crippen LogP contribution in [0.25, 0.3) is 10.9 Å². The van der Waals surface area contributed by atoms with Crippen molar-refractivity contribution in [3.63, 3.8) is 0 Å². The van der Waals surface area contributed by atoms with Gasteiger partial charge in [0.2, 0.25) is 0 Å². The maximum atomic E-state index is 14.5. The first-order valence-corrected chi connectivity index (χ1v) is 10.9. The first-order valence-electron chi connectivity index (χ1n) is 10.1. The summed E-state index contributed by atoms with van der Waals surface area (Å²) in [5.41, 5.74) is 8.83. The molecule has 2 N–H and O–H groups in total. The lowest BCUT2D eigenvalue weighted by molar-refractivity contribution is 0.0817. The van der Waals surface area contributed by atoms with Crippen molar-refractivity contribution in [3.05, 3.63) is 77.3 Å². The van der Waals surface area contributed by atoms with Crippen molar-refractivity contribution >= 4 is 28.8 Å². The van der Waals surface area contributed by atoms with Crippen LogP contribution in [0.1, 0.15) is 21.6 Å². The fraction of sp³-hybridized carbons (Fsp3) is 0.292. The van der Waals surface area contributed by atoms with Gasteiger partial charge in [-0.3, -0.25) is 9.10 Å². The molecule has 7 heteroatoms. The summed E-state index contributed by atoms with van der Waals surface area (Å²) in [6.07, 6.45) is 1.93. The predicted molar refractivity (Wildman–Crippen MR) is 127 cm³/mol. The van der Waals surface area contributed by atoms with Crippen LogP contribution in [0.2, 0.25) is 0 Å². The van der Waals surface area contributed by atoms with Crippen molar-refractivity contribution in [3.8, 4) is 0 Å². The van der Waals surface area contributed by atoms with Crippen molar-refractivity contribution in [1.82, 2.24) is 13.8 Å². The van der Waals surface area contributed by atoms with E-state index in [1.165, 1.54) is 11.0 Å². The highest BCUT2D eigenvalue weighted by atomic mass is 32.2. The third-order valence-electron chi connectivity index (χ3n) is 4.93. The van der Waals surface area contributed by atoms with Gasteiger partial charge >= 0.3 is 0 Å². The minimum Gasteiger partial charge on any atom is -0.343 e. The highest BCUT2D eigenvalue weighted by molar-refractivity contribution is 7.97. The zero-order chi connectivity index (χ0) is 22.5. The number of rotatable bonds is 8. The molecule has 0 saturated carbocycles. The fourth-order valence-corrected chi connectivity index (χ4v) is 4.28. The Balaban J connectivity index is 2.12. The molecule has 0 fully saturated rings. The van der Waals surface area contributed by atoms with E-state index in [9.17, 15) is 9.18 Å². The molecule has 1 amide bonds. The molecular weight excluding hydrogens is 411 g/mol. The molecule has 5 nitrogen and oxygen atoms in total. The second-order valence-corrected chi connectivity index (χ2v) is 9.13. The molecule has 3 rings (SSSR count). The summed E-state index contributed by atoms with van der Waals surface area (Å²) in [5, 5.41) is 0.958. The summed E-state index contributed by atoms with van der Waals surface area (Å²) in [6.45, 7) is 0.0944. The Labute approximate surface area is 187 Å². The summed E-state index contributed by atoms with van der Waals surface area (Å²) >= 11 is 1.65. The summed E-state index contributed by atoms with van der Waals surface area (Å²) in [5.74, 6) is -0.501. The van der Waals surface area contributed by atoms with Gasteiger partial charge in [-0.1, -0.05) is 30.3 Å². The minimum atomic E-state index is -0.354. The number of benzene rings is 2. The van der Waals surface area contributed by atoms with E-state index in [4.69, 9.17) is 5.73 Å². The average Bonchev–Trinajstić information content (AvgIpc) is 3.02. The maximum Gasteiger partial charge on any atom is 0.270 e. The highest BCUT2D eigenvalue weighted by Gasteiger charge is 2.24. The second kappa shape index (κ2) is 10.1. The first kappa shape index (κ1) is 23.1. The van der Waals surface area contributed by atoms with Crippen molar-refractivity contribution in [2.45, 2.75) is 17.9 Å². The number of para-hydroxylation sites is 1. The van der Waals surface area contributed by atoms with E-state index in [1.54, 1.807) is 30.6 Å². The van der Waals surface area contributed by atoms with E-state index in [0.717, 1.165) is 26.9 Å². The molecule has 0 aliphatic heterocycles. The Morgan fingerprint density at radius 1 is 1.10 bits per heavy atom. The van der Waals surface area contributed by atoms with Gasteiger partial charge in [0.1, 0.15) is 11.5 Å². The molecule has 164 valence electrons. The van der Waals surface area contributed by atoms with Gasteiger partial charge in [0, 0.05) is 42.9 Å². The van der Waals surface area contributed by atoms with Crippen LogP contribution in [0, 0.1) is 0 Å². The van der Waals surface area contributed by atoms with Crippen LogP contribution in [-0.2, 0) is 13.0 Å². The Hall–Kier alpha value is -2.61. The van der Waals surface area contributed by atoms with E-state index >= 15 is 0 Å². The Morgan fingerprint density at radius 2 is 1.77 bits per heavy atom. The van der Waals surface area contributed by atoms with Crippen molar-refractivity contribution < 1.29 is 9.18 Å². The molecule has 0 spiro atoms. The molecule has 3 aromatic rings. The van der Waals surface area contributed by atoms with Gasteiger partial charge in [-0.2, -0.15) is 0 Å². The molecule has 0 aliphatic rings. The predicted octanol–water partition coefficient (Wildman–Crippen LogP) is 4.31. The van der Waals surface area contributed by atoms with Crippen LogP contribution < -0.4 is 5.73 Å². The summed E-state index contributed by atoms with van der Waals surface area (Å²) in [7, 11) is 7.44. The Kier molecular flexibility index (Phi) is 7.54. The van der Waals surface area contributed by atoms with Gasteiger partial charge < -0.3 is 15.2 Å². The van der Waals surface area contributed by atoms with Gasteiger partial charge in [-0.05, 0) is 61.4 Å². The molecule has 2 aromatic carbocycles. The van der Waals surface area contributed by atoms with E-state index in [-0.39, 0.29) is 24.8 Å². The summed E-state index contributed by atoms with van der Waals surface area (Å²) in [6, 6.07) is 16.1. The molecule has 0 aliphatic carbocycles. The summed E-state index contributed by atoms with van der Waals surface area (Å²) in [4.78, 5) is 15.9. The van der Waals surface area contributed by atoms with Gasteiger partial charge in [0.15, 0.2) is 0 Å². The molecule has 31 heavy (non-hydrogen) atoms. The number of amides is 1. The van der Waals surface area contributed by atoms with Crippen molar-refractivity contribution in [2.75, 3.05) is 34.7 Å². The van der Waals surface area contributed by atoms with Gasteiger partial charge in [-0.25, -0.2) is 4.39 Å². The zero-order valence-corrected chi connectivity index (χ0v) is 19.2. The van der Waals surface area contributed by atoms with E-state index in [2.05, 4.69) is 24.3 Å². The van der Waals surface area contributed by atoms with Crippen molar-refractivity contribution in [1.29, 1.82) is 0 Å². The van der Waals surface area contributed by atoms with Crippen LogP contribution in [0.5, 0.6) is 0 Å². The number of nitrogens with two attached hydrogens (primary N) is 1. The summed E-state index contributed by atoms with van der Waals surface area (Å²) < 4.78 is 18.3. The first-order chi connectivity index (χ1) is 14.8. The van der Waals surface area contributed by atoms with Crippen LogP contribution in [0.15, 0.2) is 65.3 Å². The SMILES string of the molecule is CN(C)Sc1ccc(Cc2c(C(=O)N(C)C)n(C/C(F)=C/CN)c3ccccc23)cc1. The number of halogens is 1. The van der Waals surface area contributed by atoms with Gasteiger partial charge in [0.05, 0.1) is 6.54 Å². The van der Waals surface area contributed by atoms with E-state index in [0.29, 0.717) is 12.1 Å². The van der Waals surface area contributed by atoms with Gasteiger partial charge in [-0.15, -0.1) is 0 Å². The zero-order valence-electron chi connectivity index (χ0n) is 18.4. The fourth-order valence-electron chi connectivity index (χ4n) is 3.60. The number of aromatic nitrogens is 1. The number of nitrogens with zero attached hydrogens (tertiary/aromatic N) is 3. The number of carbonyl (C=O) groups excluding carboxylic acids is 1. The molecule has 1 heterocycles. The van der Waals surface area contributed by atoms with E-state index < -0.39 is 0 Å². The number of fused-ring (bicyclic) bond motifs is 1. The standard InChI is InChI=1S/C24H29FN4OS/c1-27(2)24(30)23-21(15-17-9-11-19(12-10-17)31-28(3)4)20-7-5-6-8-22(20)29(23)16-18(25)13-14-26/h5-13H,14-16,26H2,1-4H3/b18-13-. The monoisotopic (exact) mass is 440 g/mol. The van der Waals surface area contributed by atoms with Crippen LogP contribution >= 0.6 is 11.9 Å². The lowest BCUT2D eigenvalue weighted by Crippen LogP contribution is -2.26. The van der Waals surface area contributed by atoms with E-state index in [1.807, 2.05) is 42.7 Å². The lowest BCUT2D eigenvalue weighted by Gasteiger charge is -2.16. The normalized spacial score (nSPS) is 12.0. The molecule has 0 radical (unpaired) electrons. The molecule has 0 saturated heterocycles. The minimum absolute atomic E-state index is 0.0228. The molecule has 0 unspecified atom stereocenters. The number of carbonyl (C=O) groups is 1. The Morgan fingerprint density at radius 3 is 2.39 bits per heavy atom. The van der Waals surface area contributed by atoms with Crippen LogP contribution in [-0.4, -0.2) is 54.4 Å². The van der Waals surface area contributed by atoms with Crippen LogP contribution in [0.4, 0.5) is 4.39 Å². The Bertz CT molecular complexity index is 1090. The molecular formula is C24H29FN4OS. The smallest absolute Gasteiger partial charge is 0.270 e. The molecule has 0 bridgehead atoms. The third kappa shape index (κ3) is 5.36. The number of hydrogen-bond donors (Lipinski definition) is 1. The van der Waals surface area contributed by atoms with Crippen molar-refractivity contribution in [2.24, 2.45) is 5.73 Å². The third-order valence-corrected chi connectivity index (χ3v) is 5.77. The maximum absolute atomic E-state index is 14.5. The van der Waals surface area contributed by atoms with Gasteiger partial charge in [0.25, 0.3) is 5.91 Å². The molecule has 0 atom stereocenters. The number of hydrogen-bond acceptors (Lipinski definition) is 4. The lowest BCUT2D eigenvalue weighted by atomic mass is 10.0. The number of allylic oxidation sites excluding steroid dienone is 1. The second-order valence-electron chi connectivity index (χ2n) is 7.74. The quantitative estimate of drug-likeness (QED) is 0.530. The highest BCUT2D eigenvalue weighted by Crippen LogP contribution is 2.31. The van der Waals surface area contributed by atoms with Crippen LogP contribution in [0.3, 0.4) is 0 Å². The average molecular weight is 441 g/mol.